The molecule has 1 aromatic rings. The third kappa shape index (κ3) is 4.51. The zero-order valence-electron chi connectivity index (χ0n) is 12.6. The van der Waals surface area contributed by atoms with Gasteiger partial charge in [0.1, 0.15) is 5.75 Å². The van der Waals surface area contributed by atoms with Crippen molar-refractivity contribution in [3.8, 4) is 5.75 Å². The van der Waals surface area contributed by atoms with Crippen LogP contribution in [0.25, 0.3) is 0 Å². The van der Waals surface area contributed by atoms with Crippen molar-refractivity contribution in [1.29, 1.82) is 0 Å². The maximum absolute atomic E-state index is 11.7. The molecule has 5 heteroatoms. The van der Waals surface area contributed by atoms with Gasteiger partial charge in [-0.1, -0.05) is 19.1 Å². The molecule has 0 fully saturated rings. The highest BCUT2D eigenvalue weighted by atomic mass is 16.5. The number of nitrogens with two attached hydrogens (primary N) is 1. The quantitative estimate of drug-likeness (QED) is 0.749. The van der Waals surface area contributed by atoms with Crippen molar-refractivity contribution < 1.29 is 9.53 Å². The topological polar surface area (TPSA) is 67.6 Å². The number of carbonyl (C=O) groups excluding carboxylic acids is 1. The average Bonchev–Trinajstić information content (AvgIpc) is 2.48. The molecule has 0 saturated carbocycles. The summed E-state index contributed by atoms with van der Waals surface area (Å²) in [5, 5.41) is 2.66. The number of ether oxygens (including phenoxy) is 1. The molecule has 0 aliphatic carbocycles. The number of benzene rings is 1. The molecule has 3 N–H and O–H groups in total. The predicted octanol–water partition coefficient (Wildman–Crippen LogP) is 1.15. The van der Waals surface area contributed by atoms with Gasteiger partial charge in [0.05, 0.1) is 13.7 Å². The van der Waals surface area contributed by atoms with E-state index in [2.05, 4.69) is 17.1 Å². The summed E-state index contributed by atoms with van der Waals surface area (Å²) in [6.45, 7) is 3.73. The van der Waals surface area contributed by atoms with Gasteiger partial charge in [-0.05, 0) is 30.7 Å². The Balaban J connectivity index is 2.95. The maximum atomic E-state index is 11.7. The van der Waals surface area contributed by atoms with E-state index in [1.54, 1.807) is 14.2 Å². The summed E-state index contributed by atoms with van der Waals surface area (Å²) in [7, 11) is 3.29. The van der Waals surface area contributed by atoms with Gasteiger partial charge in [0, 0.05) is 19.6 Å². The van der Waals surface area contributed by atoms with Crippen molar-refractivity contribution in [2.24, 2.45) is 5.73 Å². The third-order valence-electron chi connectivity index (χ3n) is 3.28. The third-order valence-corrected chi connectivity index (χ3v) is 3.28. The monoisotopic (exact) mass is 279 g/mol. The van der Waals surface area contributed by atoms with Crippen molar-refractivity contribution in [2.75, 3.05) is 33.8 Å². The first-order valence-corrected chi connectivity index (χ1v) is 6.94. The minimum Gasteiger partial charge on any atom is -0.497 e. The van der Waals surface area contributed by atoms with Crippen LogP contribution in [0.15, 0.2) is 24.3 Å². The Hall–Kier alpha value is -1.59. The lowest BCUT2D eigenvalue weighted by atomic mass is 10.0. The molecular weight excluding hydrogens is 254 g/mol. The molecule has 0 aromatic heterocycles. The van der Waals surface area contributed by atoms with E-state index in [0.717, 1.165) is 24.3 Å². The number of hydrogen-bond donors (Lipinski definition) is 2. The molecule has 0 aliphatic rings. The lowest BCUT2D eigenvalue weighted by Crippen LogP contribution is -2.41. The first kappa shape index (κ1) is 16.5. The predicted molar refractivity (Wildman–Crippen MR) is 80.7 cm³/mol. The first-order chi connectivity index (χ1) is 9.65. The Labute approximate surface area is 121 Å². The molecule has 0 spiro atoms. The van der Waals surface area contributed by atoms with Gasteiger partial charge in [0.25, 0.3) is 0 Å². The second-order valence-electron chi connectivity index (χ2n) is 4.67. The Morgan fingerprint density at radius 3 is 2.80 bits per heavy atom. The molecule has 1 unspecified atom stereocenters. The number of amides is 1. The number of likely N-dealkylation sites (N-methyl/N-ethyl adjacent to an activating group) is 1. The van der Waals surface area contributed by atoms with Gasteiger partial charge in [-0.2, -0.15) is 0 Å². The van der Waals surface area contributed by atoms with Crippen LogP contribution in [-0.4, -0.2) is 44.6 Å². The van der Waals surface area contributed by atoms with E-state index in [9.17, 15) is 4.79 Å². The number of nitrogens with one attached hydrogen (secondary N) is 1. The van der Waals surface area contributed by atoms with Crippen molar-refractivity contribution in [3.05, 3.63) is 29.8 Å². The molecular formula is C15H25N3O2. The summed E-state index contributed by atoms with van der Waals surface area (Å²) in [5.74, 6) is 0.803. The molecule has 1 atom stereocenters. The fourth-order valence-electron chi connectivity index (χ4n) is 2.24. The zero-order chi connectivity index (χ0) is 15.0. The van der Waals surface area contributed by atoms with E-state index in [-0.39, 0.29) is 11.9 Å². The van der Waals surface area contributed by atoms with Crippen LogP contribution >= 0.6 is 0 Å². The molecule has 1 rings (SSSR count). The van der Waals surface area contributed by atoms with E-state index in [1.165, 1.54) is 0 Å². The number of rotatable bonds is 8. The smallest absolute Gasteiger partial charge is 0.233 e. The van der Waals surface area contributed by atoms with Crippen LogP contribution in [0.2, 0.25) is 0 Å². The van der Waals surface area contributed by atoms with E-state index < -0.39 is 0 Å². The number of hydrogen-bond acceptors (Lipinski definition) is 4. The van der Waals surface area contributed by atoms with Crippen molar-refractivity contribution >= 4 is 5.91 Å². The van der Waals surface area contributed by atoms with Crippen molar-refractivity contribution in [2.45, 2.75) is 19.4 Å². The van der Waals surface area contributed by atoms with Gasteiger partial charge in [-0.15, -0.1) is 0 Å². The van der Waals surface area contributed by atoms with Crippen molar-refractivity contribution in [3.63, 3.8) is 0 Å². The van der Waals surface area contributed by atoms with Gasteiger partial charge in [-0.25, -0.2) is 0 Å². The molecule has 112 valence electrons. The normalized spacial score (nSPS) is 12.2. The van der Waals surface area contributed by atoms with E-state index in [0.29, 0.717) is 13.1 Å². The van der Waals surface area contributed by atoms with Crippen molar-refractivity contribution in [1.82, 2.24) is 10.2 Å². The lowest BCUT2D eigenvalue weighted by molar-refractivity contribution is -0.122. The fourth-order valence-corrected chi connectivity index (χ4v) is 2.24. The Morgan fingerprint density at radius 1 is 1.50 bits per heavy atom. The van der Waals surface area contributed by atoms with E-state index >= 15 is 0 Å². The first-order valence-electron chi connectivity index (χ1n) is 6.94. The summed E-state index contributed by atoms with van der Waals surface area (Å²) >= 11 is 0. The van der Waals surface area contributed by atoms with Crippen LogP contribution in [0, 0.1) is 0 Å². The zero-order valence-corrected chi connectivity index (χ0v) is 12.6. The molecule has 0 aliphatic heterocycles. The highest BCUT2D eigenvalue weighted by molar-refractivity contribution is 5.77. The second-order valence-corrected chi connectivity index (χ2v) is 4.67. The fraction of sp³-hybridized carbons (Fsp3) is 0.533. The summed E-state index contributed by atoms with van der Waals surface area (Å²) in [5.41, 5.74) is 7.00. The summed E-state index contributed by atoms with van der Waals surface area (Å²) in [4.78, 5) is 13.8. The minimum atomic E-state index is -0.000189. The van der Waals surface area contributed by atoms with Gasteiger partial charge >= 0.3 is 0 Å². The number of nitrogens with zero attached hydrogens (tertiary/aromatic N) is 1. The molecule has 0 heterocycles. The van der Waals surface area contributed by atoms with Crippen LogP contribution in [0.3, 0.4) is 0 Å². The van der Waals surface area contributed by atoms with Crippen LogP contribution in [0.5, 0.6) is 5.75 Å². The van der Waals surface area contributed by atoms with Crippen LogP contribution in [0.1, 0.15) is 24.9 Å². The van der Waals surface area contributed by atoms with Crippen LogP contribution in [-0.2, 0) is 4.79 Å². The molecule has 0 saturated heterocycles. The van der Waals surface area contributed by atoms with Gasteiger partial charge in [0.15, 0.2) is 0 Å². The molecule has 1 aromatic carbocycles. The summed E-state index contributed by atoms with van der Waals surface area (Å²) in [6, 6.07) is 7.86. The minimum absolute atomic E-state index is 0.000189. The second kappa shape index (κ2) is 8.55. The standard InChI is InChI=1S/C15H25N3O2/c1-4-8-18(11-15(19)17-2)14(10-16)12-6-5-7-13(9-12)20-3/h5-7,9,14H,4,8,10-11,16H2,1-3H3,(H,17,19). The van der Waals surface area contributed by atoms with Gasteiger partial charge < -0.3 is 15.8 Å². The Morgan fingerprint density at radius 2 is 2.25 bits per heavy atom. The number of methoxy groups -OCH3 is 1. The highest BCUT2D eigenvalue weighted by Crippen LogP contribution is 2.23. The maximum Gasteiger partial charge on any atom is 0.233 e. The average molecular weight is 279 g/mol. The van der Waals surface area contributed by atoms with Crippen LogP contribution in [0.4, 0.5) is 0 Å². The lowest BCUT2D eigenvalue weighted by Gasteiger charge is -2.30. The van der Waals surface area contributed by atoms with Crippen LogP contribution < -0.4 is 15.8 Å². The van der Waals surface area contributed by atoms with E-state index in [1.807, 2.05) is 24.3 Å². The highest BCUT2D eigenvalue weighted by Gasteiger charge is 2.20. The molecule has 20 heavy (non-hydrogen) atoms. The van der Waals surface area contributed by atoms with Gasteiger partial charge in [0.2, 0.25) is 5.91 Å². The molecule has 0 bridgehead atoms. The summed E-state index contributed by atoms with van der Waals surface area (Å²) in [6.07, 6.45) is 0.970. The Kier molecular flexibility index (Phi) is 7.04. The van der Waals surface area contributed by atoms with E-state index in [4.69, 9.17) is 10.5 Å². The number of carbonyl (C=O) groups is 1. The SMILES string of the molecule is CCCN(CC(=O)NC)C(CN)c1cccc(OC)c1. The molecule has 5 nitrogen and oxygen atoms in total. The summed E-state index contributed by atoms with van der Waals surface area (Å²) < 4.78 is 5.25. The Bertz CT molecular complexity index is 423. The molecule has 1 amide bonds. The molecule has 0 radical (unpaired) electrons. The largest absolute Gasteiger partial charge is 0.497 e. The van der Waals surface area contributed by atoms with Gasteiger partial charge in [-0.3, -0.25) is 9.69 Å².